The molecule has 0 amide bonds. The van der Waals surface area contributed by atoms with Crippen LogP contribution in [0.15, 0.2) is 53.4 Å². The van der Waals surface area contributed by atoms with Crippen LogP contribution in [0.4, 0.5) is 0 Å². The first-order valence-electron chi connectivity index (χ1n) is 6.90. The number of carbonyl (C=O) groups is 2. The normalized spacial score (nSPS) is 17.4. The minimum absolute atomic E-state index is 0.0170. The molecule has 1 aromatic rings. The second kappa shape index (κ2) is 6.31. The van der Waals surface area contributed by atoms with Gasteiger partial charge in [-0.1, -0.05) is 11.6 Å². The fourth-order valence-electron chi connectivity index (χ4n) is 2.75. The summed E-state index contributed by atoms with van der Waals surface area (Å²) >= 11 is 10.7. The van der Waals surface area contributed by atoms with Gasteiger partial charge >= 0.3 is 5.97 Å². The highest BCUT2D eigenvalue weighted by molar-refractivity contribution is 9.11. The van der Waals surface area contributed by atoms with Crippen molar-refractivity contribution in [2.75, 3.05) is 0 Å². The minimum Gasteiger partial charge on any atom is -0.506 e. The van der Waals surface area contributed by atoms with E-state index in [1.54, 1.807) is 18.4 Å². The number of hydrogen-bond donors (Lipinski definition) is 2. The maximum atomic E-state index is 12.9. The van der Waals surface area contributed by atoms with E-state index >= 15 is 0 Å². The van der Waals surface area contributed by atoms with Crippen LogP contribution in [0, 0.1) is 0 Å². The van der Waals surface area contributed by atoms with E-state index < -0.39 is 11.8 Å². The van der Waals surface area contributed by atoms with Crippen molar-refractivity contribution in [3.63, 3.8) is 0 Å². The van der Waals surface area contributed by atoms with Gasteiger partial charge in [0.25, 0.3) is 0 Å². The number of aliphatic hydroxyl groups excluding tert-OH is 1. The van der Waals surface area contributed by atoms with Crippen molar-refractivity contribution in [1.29, 1.82) is 0 Å². The zero-order valence-electron chi connectivity index (χ0n) is 12.4. The van der Waals surface area contributed by atoms with E-state index in [2.05, 4.69) is 20.9 Å². The fraction of sp³-hybridized carbons (Fsp3) is 0.188. The number of ketones is 1. The standard InChI is InChI=1S/C16H11BrClNO4S/c1-6-8(3-12(20)21)13-10(19-6)4-9(18)16(23)14(13)15(22)7-2-11(17)24-5-7/h2,5,23H,3-4H2,1H3,(H,20,21). The van der Waals surface area contributed by atoms with E-state index in [-0.39, 0.29) is 29.2 Å². The second-order valence-electron chi connectivity index (χ2n) is 5.34. The number of aliphatic hydroxyl groups is 1. The number of halogens is 2. The third-order valence-electron chi connectivity index (χ3n) is 3.78. The maximum absolute atomic E-state index is 12.9. The molecule has 1 aliphatic heterocycles. The van der Waals surface area contributed by atoms with Gasteiger partial charge in [0.15, 0.2) is 5.78 Å². The van der Waals surface area contributed by atoms with Crippen molar-refractivity contribution < 1.29 is 19.8 Å². The Morgan fingerprint density at radius 2 is 2.17 bits per heavy atom. The van der Waals surface area contributed by atoms with Crippen LogP contribution in [0.1, 0.15) is 30.1 Å². The van der Waals surface area contributed by atoms with Gasteiger partial charge in [-0.3, -0.25) is 14.6 Å². The highest BCUT2D eigenvalue weighted by Gasteiger charge is 2.36. The summed E-state index contributed by atoms with van der Waals surface area (Å²) < 4.78 is 0.777. The van der Waals surface area contributed by atoms with Crippen molar-refractivity contribution in [1.82, 2.24) is 0 Å². The lowest BCUT2D eigenvalue weighted by Gasteiger charge is -2.19. The topological polar surface area (TPSA) is 87.0 Å². The Bertz CT molecular complexity index is 907. The molecule has 0 atom stereocenters. The average Bonchev–Trinajstić information content (AvgIpc) is 3.05. The Morgan fingerprint density at radius 3 is 2.75 bits per heavy atom. The van der Waals surface area contributed by atoms with Crippen molar-refractivity contribution >= 4 is 56.3 Å². The van der Waals surface area contributed by atoms with Crippen LogP contribution in [-0.4, -0.2) is 27.7 Å². The first kappa shape index (κ1) is 17.1. The number of aliphatic carboxylic acids is 1. The van der Waals surface area contributed by atoms with E-state index in [9.17, 15) is 14.7 Å². The highest BCUT2D eigenvalue weighted by Crippen LogP contribution is 2.41. The summed E-state index contributed by atoms with van der Waals surface area (Å²) in [6.07, 6.45) is -0.101. The van der Waals surface area contributed by atoms with Gasteiger partial charge in [0.2, 0.25) is 0 Å². The number of thiophene rings is 1. The van der Waals surface area contributed by atoms with Gasteiger partial charge in [-0.25, -0.2) is 0 Å². The molecule has 0 aromatic carbocycles. The van der Waals surface area contributed by atoms with E-state index in [4.69, 9.17) is 16.7 Å². The molecule has 2 N–H and O–H groups in total. The zero-order chi connectivity index (χ0) is 17.6. The lowest BCUT2D eigenvalue weighted by Crippen LogP contribution is -2.19. The molecule has 0 bridgehead atoms. The molecule has 0 radical (unpaired) electrons. The highest BCUT2D eigenvalue weighted by atomic mass is 79.9. The van der Waals surface area contributed by atoms with E-state index in [0.29, 0.717) is 28.1 Å². The molecule has 2 heterocycles. The Kier molecular flexibility index (Phi) is 4.50. The third-order valence-corrected chi connectivity index (χ3v) is 5.60. The number of Topliss-reactive ketones (excluding diaryl/α,β-unsaturated/α-hetero) is 1. The third kappa shape index (κ3) is 2.87. The number of nitrogens with zero attached hydrogens (tertiary/aromatic N) is 1. The summed E-state index contributed by atoms with van der Waals surface area (Å²) in [6.45, 7) is 1.69. The summed E-state index contributed by atoms with van der Waals surface area (Å²) in [5.74, 6) is -1.75. The quantitative estimate of drug-likeness (QED) is 0.686. The summed E-state index contributed by atoms with van der Waals surface area (Å²) in [6, 6.07) is 1.65. The van der Waals surface area contributed by atoms with Crippen LogP contribution >= 0.6 is 38.9 Å². The van der Waals surface area contributed by atoms with Crippen LogP contribution in [0.25, 0.3) is 0 Å². The van der Waals surface area contributed by atoms with Gasteiger partial charge in [0.05, 0.1) is 26.5 Å². The SMILES string of the molecule is CC1=C(CC(=O)O)C2=C(C(=O)c3csc(Br)c3)C(O)=C(Cl)CC2=N1. The number of carbonyl (C=O) groups excluding carboxylic acids is 1. The largest absolute Gasteiger partial charge is 0.506 e. The number of aliphatic imine (C=N–C) groups is 1. The fourth-order valence-corrected chi connectivity index (χ4v) is 4.11. The summed E-state index contributed by atoms with van der Waals surface area (Å²) in [5.41, 5.74) is 2.28. The smallest absolute Gasteiger partial charge is 0.307 e. The molecule has 0 fully saturated rings. The van der Waals surface area contributed by atoms with Gasteiger partial charge in [-0.05, 0) is 34.5 Å². The maximum Gasteiger partial charge on any atom is 0.307 e. The molecular weight excluding hydrogens is 418 g/mol. The van der Waals surface area contributed by atoms with Crippen molar-refractivity contribution in [3.05, 3.63) is 54.0 Å². The second-order valence-corrected chi connectivity index (χ2v) is 8.09. The Balaban J connectivity index is 2.20. The van der Waals surface area contributed by atoms with Crippen molar-refractivity contribution in [2.45, 2.75) is 19.8 Å². The number of carboxylic acid groups (broad SMARTS) is 1. The summed E-state index contributed by atoms with van der Waals surface area (Å²) in [7, 11) is 0. The molecule has 124 valence electrons. The Hall–Kier alpha value is -1.70. The van der Waals surface area contributed by atoms with Crippen LogP contribution in [0.2, 0.25) is 0 Å². The lowest BCUT2D eigenvalue weighted by molar-refractivity contribution is -0.136. The van der Waals surface area contributed by atoms with Gasteiger partial charge in [0, 0.05) is 28.6 Å². The van der Waals surface area contributed by atoms with Crippen molar-refractivity contribution in [2.24, 2.45) is 4.99 Å². The first-order valence-corrected chi connectivity index (χ1v) is 8.95. The predicted molar refractivity (Wildman–Crippen MR) is 95.9 cm³/mol. The number of fused-ring (bicyclic) bond motifs is 1. The molecule has 24 heavy (non-hydrogen) atoms. The number of hydrogen-bond acceptors (Lipinski definition) is 5. The van der Waals surface area contributed by atoms with Gasteiger partial charge < -0.3 is 10.2 Å². The molecular formula is C16H11BrClNO4S. The Labute approximate surface area is 154 Å². The molecule has 2 aliphatic rings. The van der Waals surface area contributed by atoms with Crippen LogP contribution < -0.4 is 0 Å². The van der Waals surface area contributed by atoms with E-state index in [0.717, 1.165) is 3.79 Å². The molecule has 8 heteroatoms. The Morgan fingerprint density at radius 1 is 1.46 bits per heavy atom. The minimum atomic E-state index is -1.03. The van der Waals surface area contributed by atoms with Crippen molar-refractivity contribution in [3.8, 4) is 0 Å². The molecule has 1 aromatic heterocycles. The number of allylic oxidation sites excluding steroid dienone is 4. The molecule has 0 spiro atoms. The van der Waals surface area contributed by atoms with E-state index in [1.165, 1.54) is 11.3 Å². The van der Waals surface area contributed by atoms with E-state index in [1.807, 2.05) is 0 Å². The monoisotopic (exact) mass is 427 g/mol. The molecule has 0 unspecified atom stereocenters. The first-order chi connectivity index (χ1) is 11.3. The average molecular weight is 429 g/mol. The van der Waals surface area contributed by atoms with Crippen LogP contribution in [0.5, 0.6) is 0 Å². The number of rotatable bonds is 4. The molecule has 3 rings (SSSR count). The number of carboxylic acids is 1. The lowest BCUT2D eigenvalue weighted by atomic mass is 9.85. The zero-order valence-corrected chi connectivity index (χ0v) is 15.5. The summed E-state index contributed by atoms with van der Waals surface area (Å²) in [5, 5.41) is 21.3. The van der Waals surface area contributed by atoms with Gasteiger partial charge in [-0.15, -0.1) is 11.3 Å². The van der Waals surface area contributed by atoms with Crippen LogP contribution in [-0.2, 0) is 4.79 Å². The van der Waals surface area contributed by atoms with Gasteiger partial charge in [-0.2, -0.15) is 0 Å². The van der Waals surface area contributed by atoms with Gasteiger partial charge in [0.1, 0.15) is 5.76 Å². The molecule has 0 saturated heterocycles. The molecule has 1 aliphatic carbocycles. The summed E-state index contributed by atoms with van der Waals surface area (Å²) in [4.78, 5) is 28.4. The van der Waals surface area contributed by atoms with Crippen LogP contribution in [0.3, 0.4) is 0 Å². The predicted octanol–water partition coefficient (Wildman–Crippen LogP) is 4.61. The molecule has 0 saturated carbocycles. The molecule has 5 nitrogen and oxygen atoms in total.